The second-order valence-electron chi connectivity index (χ2n) is 9.48. The molecule has 1 N–H and O–H groups in total. The van der Waals surface area contributed by atoms with Crippen LogP contribution in [0.15, 0.2) is 77.4 Å². The number of likely N-dealkylation sites (N-methyl/N-ethyl adjacent to an activating group) is 1. The van der Waals surface area contributed by atoms with Gasteiger partial charge in [0, 0.05) is 54.3 Å². The lowest BCUT2D eigenvalue weighted by Crippen LogP contribution is -2.44. The Labute approximate surface area is 219 Å². The van der Waals surface area contributed by atoms with Gasteiger partial charge < -0.3 is 15.1 Å². The van der Waals surface area contributed by atoms with Crippen molar-refractivity contribution < 1.29 is 4.79 Å². The van der Waals surface area contributed by atoms with Gasteiger partial charge in [-0.05, 0) is 70.9 Å². The van der Waals surface area contributed by atoms with Gasteiger partial charge in [0.1, 0.15) is 0 Å². The second kappa shape index (κ2) is 9.56. The predicted molar refractivity (Wildman–Crippen MR) is 151 cm³/mol. The van der Waals surface area contributed by atoms with Crippen molar-refractivity contribution in [1.29, 1.82) is 0 Å². The number of rotatable bonds is 3. The first kappa shape index (κ1) is 23.0. The zero-order valence-electron chi connectivity index (χ0n) is 20.2. The minimum atomic E-state index is -0.113. The Balaban J connectivity index is 1.30. The number of carbonyl (C=O) groups is 1. The van der Waals surface area contributed by atoms with E-state index in [1.807, 2.05) is 47.4 Å². The van der Waals surface area contributed by atoms with E-state index in [9.17, 15) is 4.79 Å². The molecule has 0 spiro atoms. The summed E-state index contributed by atoms with van der Waals surface area (Å²) in [6.45, 7) is 4.69. The van der Waals surface area contributed by atoms with E-state index in [0.29, 0.717) is 6.54 Å². The van der Waals surface area contributed by atoms with Gasteiger partial charge in [0.2, 0.25) is 0 Å². The second-order valence-corrected chi connectivity index (χ2v) is 10.3. The molecule has 0 bridgehead atoms. The summed E-state index contributed by atoms with van der Waals surface area (Å²) < 4.78 is 1.10. The van der Waals surface area contributed by atoms with Gasteiger partial charge in [-0.25, -0.2) is 4.79 Å². The summed E-state index contributed by atoms with van der Waals surface area (Å²) in [6, 6.07) is 22.4. The quantitative estimate of drug-likeness (QED) is 0.345. The number of carbonyl (C=O) groups excluding carboxylic acids is 1. The molecule has 0 aliphatic carbocycles. The molecule has 1 saturated heterocycles. The number of nitrogens with zero attached hydrogens (tertiary/aromatic N) is 4. The third-order valence-electron chi connectivity index (χ3n) is 7.23. The third-order valence-corrected chi connectivity index (χ3v) is 7.86. The smallest absolute Gasteiger partial charge is 0.326 e. The first-order valence-corrected chi connectivity index (χ1v) is 13.2. The highest BCUT2D eigenvalue weighted by atomic mass is 79.9. The molecule has 1 fully saturated rings. The molecule has 6 nitrogen and oxygen atoms in total. The maximum atomic E-state index is 13.6. The van der Waals surface area contributed by atoms with Crippen LogP contribution in [0.5, 0.6) is 0 Å². The molecule has 182 valence electrons. The van der Waals surface area contributed by atoms with Crippen molar-refractivity contribution in [2.45, 2.75) is 6.42 Å². The lowest BCUT2D eigenvalue weighted by Gasteiger charge is -2.35. The van der Waals surface area contributed by atoms with Crippen molar-refractivity contribution >= 4 is 49.9 Å². The first-order valence-electron chi connectivity index (χ1n) is 12.4. The van der Waals surface area contributed by atoms with Crippen LogP contribution >= 0.6 is 15.9 Å². The molecular weight excluding hydrogens is 514 g/mol. The van der Waals surface area contributed by atoms with Crippen molar-refractivity contribution in [3.8, 4) is 11.1 Å². The lowest BCUT2D eigenvalue weighted by atomic mass is 10.0. The van der Waals surface area contributed by atoms with Crippen LogP contribution in [-0.2, 0) is 6.42 Å². The van der Waals surface area contributed by atoms with E-state index in [4.69, 9.17) is 0 Å². The van der Waals surface area contributed by atoms with Crippen LogP contribution in [-0.4, -0.2) is 55.7 Å². The highest BCUT2D eigenvalue weighted by molar-refractivity contribution is 9.10. The van der Waals surface area contributed by atoms with E-state index < -0.39 is 0 Å². The molecule has 4 aromatic rings. The molecular formula is C29H28BrN5O. The normalized spacial score (nSPS) is 15.8. The summed E-state index contributed by atoms with van der Waals surface area (Å²) >= 11 is 3.78. The SMILES string of the molecule is CN1CCN(c2cc3c(cc2Br)CCN3C(=O)Nc2ccc(-c3ccccc3)c3ncccc23)CC1. The molecule has 3 heterocycles. The Morgan fingerprint density at radius 2 is 1.72 bits per heavy atom. The van der Waals surface area contributed by atoms with Crippen molar-refractivity contribution in [3.05, 3.63) is 83.0 Å². The van der Waals surface area contributed by atoms with Gasteiger partial charge in [-0.3, -0.25) is 9.88 Å². The number of halogens is 1. The summed E-state index contributed by atoms with van der Waals surface area (Å²) in [5.41, 5.74) is 7.15. The lowest BCUT2D eigenvalue weighted by molar-refractivity contribution is 0.257. The number of nitrogens with one attached hydrogen (secondary N) is 1. The zero-order valence-corrected chi connectivity index (χ0v) is 21.8. The molecule has 2 aliphatic heterocycles. The third kappa shape index (κ3) is 4.22. The number of benzene rings is 3. The van der Waals surface area contributed by atoms with E-state index in [-0.39, 0.29) is 6.03 Å². The van der Waals surface area contributed by atoms with Gasteiger partial charge in [-0.1, -0.05) is 36.4 Å². The average Bonchev–Trinajstić information content (AvgIpc) is 3.32. The fraction of sp³-hybridized carbons (Fsp3) is 0.241. The van der Waals surface area contributed by atoms with Gasteiger partial charge in [-0.2, -0.15) is 0 Å². The number of fused-ring (bicyclic) bond motifs is 2. The topological polar surface area (TPSA) is 51.7 Å². The van der Waals surface area contributed by atoms with Gasteiger partial charge >= 0.3 is 6.03 Å². The average molecular weight is 542 g/mol. The fourth-order valence-electron chi connectivity index (χ4n) is 5.21. The number of urea groups is 1. The molecule has 0 atom stereocenters. The Kier molecular flexibility index (Phi) is 6.11. The predicted octanol–water partition coefficient (Wildman–Crippen LogP) is 6.01. The van der Waals surface area contributed by atoms with E-state index in [1.54, 1.807) is 6.20 Å². The van der Waals surface area contributed by atoms with Gasteiger partial charge in [-0.15, -0.1) is 0 Å². The standard InChI is InChI=1S/C29H28BrN5O/c1-33-14-16-34(17-15-33)27-19-26-21(18-24(27)30)11-13-35(26)29(36)32-25-10-9-22(20-6-3-2-4-7-20)28-23(25)8-5-12-31-28/h2-10,12,18-19H,11,13-17H2,1H3,(H,32,36). The summed E-state index contributed by atoms with van der Waals surface area (Å²) in [4.78, 5) is 24.8. The molecule has 2 aliphatic rings. The van der Waals surface area contributed by atoms with Crippen molar-refractivity contribution in [3.63, 3.8) is 0 Å². The van der Waals surface area contributed by atoms with Crippen LogP contribution in [0.3, 0.4) is 0 Å². The summed E-state index contributed by atoms with van der Waals surface area (Å²) in [5.74, 6) is 0. The minimum Gasteiger partial charge on any atom is -0.368 e. The highest BCUT2D eigenvalue weighted by Gasteiger charge is 2.28. The number of hydrogen-bond donors (Lipinski definition) is 1. The first-order chi connectivity index (χ1) is 17.6. The molecule has 3 aromatic carbocycles. The number of aromatic nitrogens is 1. The minimum absolute atomic E-state index is 0.113. The van der Waals surface area contributed by atoms with Gasteiger partial charge in [0.05, 0.1) is 22.6 Å². The monoisotopic (exact) mass is 541 g/mol. The van der Waals surface area contributed by atoms with Crippen LogP contribution in [0.4, 0.5) is 21.9 Å². The summed E-state index contributed by atoms with van der Waals surface area (Å²) in [7, 11) is 2.16. The molecule has 1 aromatic heterocycles. The maximum absolute atomic E-state index is 13.6. The number of hydrogen-bond acceptors (Lipinski definition) is 4. The van der Waals surface area contributed by atoms with Crippen LogP contribution in [0, 0.1) is 0 Å². The van der Waals surface area contributed by atoms with Gasteiger partial charge in [0.25, 0.3) is 0 Å². The van der Waals surface area contributed by atoms with E-state index in [1.165, 1.54) is 5.56 Å². The molecule has 0 saturated carbocycles. The molecule has 0 radical (unpaired) electrons. The fourth-order valence-corrected chi connectivity index (χ4v) is 5.85. The Morgan fingerprint density at radius 1 is 0.917 bits per heavy atom. The van der Waals surface area contributed by atoms with Crippen LogP contribution in [0.2, 0.25) is 0 Å². The number of pyridine rings is 1. The van der Waals surface area contributed by atoms with Crippen molar-refractivity contribution in [2.75, 3.05) is 54.9 Å². The van der Waals surface area contributed by atoms with Crippen molar-refractivity contribution in [2.24, 2.45) is 0 Å². The summed E-state index contributed by atoms with van der Waals surface area (Å²) in [5, 5.41) is 4.11. The molecule has 7 heteroatoms. The van der Waals surface area contributed by atoms with Crippen LogP contribution in [0.1, 0.15) is 5.56 Å². The molecule has 36 heavy (non-hydrogen) atoms. The summed E-state index contributed by atoms with van der Waals surface area (Å²) in [6.07, 6.45) is 2.65. The largest absolute Gasteiger partial charge is 0.368 e. The van der Waals surface area contributed by atoms with Crippen LogP contribution in [0.25, 0.3) is 22.0 Å². The van der Waals surface area contributed by atoms with E-state index in [0.717, 1.165) is 76.2 Å². The molecule has 0 unspecified atom stereocenters. The number of anilines is 3. The number of amides is 2. The molecule has 6 rings (SSSR count). The highest BCUT2D eigenvalue weighted by Crippen LogP contribution is 2.39. The number of piperazine rings is 1. The molecule has 2 amide bonds. The Hall–Kier alpha value is -3.42. The maximum Gasteiger partial charge on any atom is 0.326 e. The van der Waals surface area contributed by atoms with Crippen molar-refractivity contribution in [1.82, 2.24) is 9.88 Å². The zero-order chi connectivity index (χ0) is 24.6. The van der Waals surface area contributed by atoms with Crippen LogP contribution < -0.4 is 15.1 Å². The van der Waals surface area contributed by atoms with Gasteiger partial charge in [0.15, 0.2) is 0 Å². The Morgan fingerprint density at radius 3 is 2.53 bits per heavy atom. The Bertz CT molecular complexity index is 1430. The van der Waals surface area contributed by atoms with E-state index >= 15 is 0 Å². The van der Waals surface area contributed by atoms with E-state index in [2.05, 4.69) is 67.3 Å².